The van der Waals surface area contributed by atoms with Crippen LogP contribution < -0.4 is 0 Å². The molecule has 0 spiro atoms. The average molecular weight is 308 g/mol. The van der Waals surface area contributed by atoms with E-state index in [0.717, 1.165) is 38.7 Å². The zero-order valence-electron chi connectivity index (χ0n) is 14.7. The quantitative estimate of drug-likeness (QED) is 0.678. The minimum absolute atomic E-state index is 0.00324. The Morgan fingerprint density at radius 1 is 1.09 bits per heavy atom. The standard InChI is InChI=1S/C19H32O3/c1-5-7-21-18-9-14-8-15(10-18)12-19(11-14,13-18)22-16(20)17(3,4)6-2/h14-15H,5-13H2,1-4H3. The first-order valence-electron chi connectivity index (χ1n) is 9.19. The van der Waals surface area contributed by atoms with Crippen LogP contribution in [0, 0.1) is 17.3 Å². The predicted molar refractivity (Wildman–Crippen MR) is 86.6 cm³/mol. The fourth-order valence-electron chi connectivity index (χ4n) is 5.18. The Bertz CT molecular complexity index is 426. The molecular weight excluding hydrogens is 276 g/mol. The van der Waals surface area contributed by atoms with Gasteiger partial charge in [-0.15, -0.1) is 0 Å². The molecule has 22 heavy (non-hydrogen) atoms. The molecule has 0 N–H and O–H groups in total. The van der Waals surface area contributed by atoms with Gasteiger partial charge in [-0.05, 0) is 70.6 Å². The maximum atomic E-state index is 12.6. The molecule has 0 heterocycles. The summed E-state index contributed by atoms with van der Waals surface area (Å²) < 4.78 is 12.5. The van der Waals surface area contributed by atoms with E-state index in [9.17, 15) is 4.79 Å². The lowest BCUT2D eigenvalue weighted by Crippen LogP contribution is -2.61. The van der Waals surface area contributed by atoms with Crippen LogP contribution in [0.2, 0.25) is 0 Å². The highest BCUT2D eigenvalue weighted by Gasteiger charge is 2.60. The normalized spacial score (nSPS) is 40.0. The second-order valence-corrected chi connectivity index (χ2v) is 8.80. The molecule has 4 bridgehead atoms. The lowest BCUT2D eigenvalue weighted by atomic mass is 9.52. The molecule has 4 saturated carbocycles. The summed E-state index contributed by atoms with van der Waals surface area (Å²) in [7, 11) is 0. The van der Waals surface area contributed by atoms with Gasteiger partial charge in [-0.2, -0.15) is 0 Å². The Labute approximate surface area is 135 Å². The summed E-state index contributed by atoms with van der Waals surface area (Å²) in [6.07, 6.45) is 8.61. The molecular formula is C19H32O3. The van der Waals surface area contributed by atoms with Gasteiger partial charge in [-0.25, -0.2) is 0 Å². The first-order valence-corrected chi connectivity index (χ1v) is 9.19. The summed E-state index contributed by atoms with van der Waals surface area (Å²) in [6, 6.07) is 0. The maximum Gasteiger partial charge on any atom is 0.312 e. The molecule has 3 nitrogen and oxygen atoms in total. The van der Waals surface area contributed by atoms with E-state index < -0.39 is 0 Å². The highest BCUT2D eigenvalue weighted by molar-refractivity contribution is 5.76. The van der Waals surface area contributed by atoms with E-state index in [2.05, 4.69) is 13.8 Å². The van der Waals surface area contributed by atoms with Gasteiger partial charge in [0.25, 0.3) is 0 Å². The second kappa shape index (κ2) is 5.51. The van der Waals surface area contributed by atoms with Crippen molar-refractivity contribution in [2.24, 2.45) is 17.3 Å². The van der Waals surface area contributed by atoms with Gasteiger partial charge in [0.15, 0.2) is 0 Å². The SMILES string of the molecule is CCCOC12CC3CC(C1)CC(OC(=O)C(C)(C)CC)(C3)C2. The largest absolute Gasteiger partial charge is 0.459 e. The maximum absolute atomic E-state index is 12.6. The van der Waals surface area contributed by atoms with Crippen molar-refractivity contribution in [3.63, 3.8) is 0 Å². The summed E-state index contributed by atoms with van der Waals surface area (Å²) in [6.45, 7) is 9.06. The summed E-state index contributed by atoms with van der Waals surface area (Å²) >= 11 is 0. The lowest BCUT2D eigenvalue weighted by molar-refractivity contribution is -0.238. The molecule has 0 aromatic carbocycles. The Hall–Kier alpha value is -0.570. The third kappa shape index (κ3) is 2.81. The van der Waals surface area contributed by atoms with Gasteiger partial charge >= 0.3 is 5.97 Å². The highest BCUT2D eigenvalue weighted by Crippen LogP contribution is 2.60. The van der Waals surface area contributed by atoms with Crippen LogP contribution >= 0.6 is 0 Å². The Balaban J connectivity index is 1.77. The summed E-state index contributed by atoms with van der Waals surface area (Å²) in [4.78, 5) is 12.6. The predicted octanol–water partition coefficient (Wildman–Crippen LogP) is 4.48. The minimum atomic E-state index is -0.374. The Morgan fingerprint density at radius 2 is 1.68 bits per heavy atom. The van der Waals surface area contributed by atoms with Gasteiger partial charge in [0.2, 0.25) is 0 Å². The van der Waals surface area contributed by atoms with Gasteiger partial charge < -0.3 is 9.47 Å². The first kappa shape index (κ1) is 16.3. The van der Waals surface area contributed by atoms with Crippen molar-refractivity contribution in [2.45, 2.75) is 90.3 Å². The number of ether oxygens (including phenoxy) is 2. The van der Waals surface area contributed by atoms with Crippen molar-refractivity contribution < 1.29 is 14.3 Å². The number of hydrogen-bond acceptors (Lipinski definition) is 3. The van der Waals surface area contributed by atoms with Crippen molar-refractivity contribution >= 4 is 5.97 Å². The van der Waals surface area contributed by atoms with E-state index in [-0.39, 0.29) is 22.6 Å². The fourth-order valence-corrected chi connectivity index (χ4v) is 5.18. The Morgan fingerprint density at radius 3 is 2.23 bits per heavy atom. The second-order valence-electron chi connectivity index (χ2n) is 8.80. The van der Waals surface area contributed by atoms with Crippen LogP contribution in [0.15, 0.2) is 0 Å². The van der Waals surface area contributed by atoms with Crippen molar-refractivity contribution in [3.8, 4) is 0 Å². The third-order valence-corrected chi connectivity index (χ3v) is 6.31. The van der Waals surface area contributed by atoms with Crippen LogP contribution in [-0.2, 0) is 14.3 Å². The van der Waals surface area contributed by atoms with Gasteiger partial charge in [0, 0.05) is 13.0 Å². The van der Waals surface area contributed by atoms with Crippen LogP contribution in [-0.4, -0.2) is 23.8 Å². The monoisotopic (exact) mass is 308 g/mol. The molecule has 4 aliphatic carbocycles. The summed E-state index contributed by atoms with van der Waals surface area (Å²) in [5, 5.41) is 0. The molecule has 0 aliphatic heterocycles. The van der Waals surface area contributed by atoms with E-state index in [1.807, 2.05) is 13.8 Å². The van der Waals surface area contributed by atoms with Crippen LogP contribution in [0.3, 0.4) is 0 Å². The average Bonchev–Trinajstić information content (AvgIpc) is 2.43. The molecule has 4 aliphatic rings. The number of esters is 1. The van der Waals surface area contributed by atoms with Crippen LogP contribution in [0.1, 0.15) is 79.1 Å². The zero-order valence-corrected chi connectivity index (χ0v) is 14.7. The number of carbonyl (C=O) groups excluding carboxylic acids is 1. The van der Waals surface area contributed by atoms with E-state index in [1.165, 1.54) is 19.3 Å². The van der Waals surface area contributed by atoms with Crippen LogP contribution in [0.5, 0.6) is 0 Å². The van der Waals surface area contributed by atoms with Crippen molar-refractivity contribution in [1.82, 2.24) is 0 Å². The highest BCUT2D eigenvalue weighted by atomic mass is 16.6. The fraction of sp³-hybridized carbons (Fsp3) is 0.947. The van der Waals surface area contributed by atoms with Gasteiger partial charge in [0.05, 0.1) is 11.0 Å². The van der Waals surface area contributed by atoms with E-state index in [0.29, 0.717) is 11.8 Å². The molecule has 0 radical (unpaired) electrons. The lowest BCUT2D eigenvalue weighted by Gasteiger charge is -2.61. The minimum Gasteiger partial charge on any atom is -0.459 e. The molecule has 4 fully saturated rings. The molecule has 4 rings (SSSR count). The zero-order chi connectivity index (χ0) is 16.0. The summed E-state index contributed by atoms with van der Waals surface area (Å²) in [5.41, 5.74) is -0.612. The number of carbonyl (C=O) groups is 1. The van der Waals surface area contributed by atoms with E-state index in [1.54, 1.807) is 0 Å². The third-order valence-electron chi connectivity index (χ3n) is 6.31. The van der Waals surface area contributed by atoms with Crippen molar-refractivity contribution in [3.05, 3.63) is 0 Å². The van der Waals surface area contributed by atoms with Crippen LogP contribution in [0.25, 0.3) is 0 Å². The molecule has 2 unspecified atom stereocenters. The van der Waals surface area contributed by atoms with Crippen molar-refractivity contribution in [2.75, 3.05) is 6.61 Å². The summed E-state index contributed by atoms with van der Waals surface area (Å²) in [5.74, 6) is 1.37. The topological polar surface area (TPSA) is 35.5 Å². The van der Waals surface area contributed by atoms with E-state index >= 15 is 0 Å². The molecule has 126 valence electrons. The molecule has 0 saturated heterocycles. The molecule has 0 aromatic rings. The molecule has 0 aromatic heterocycles. The van der Waals surface area contributed by atoms with Gasteiger partial charge in [-0.1, -0.05) is 13.8 Å². The molecule has 3 heteroatoms. The molecule has 0 amide bonds. The molecule has 2 atom stereocenters. The van der Waals surface area contributed by atoms with Gasteiger partial charge in [0.1, 0.15) is 5.60 Å². The first-order chi connectivity index (χ1) is 10.3. The van der Waals surface area contributed by atoms with Crippen molar-refractivity contribution in [1.29, 1.82) is 0 Å². The smallest absolute Gasteiger partial charge is 0.312 e. The van der Waals surface area contributed by atoms with Crippen LogP contribution in [0.4, 0.5) is 0 Å². The number of rotatable bonds is 6. The Kier molecular flexibility index (Phi) is 4.08. The number of hydrogen-bond donors (Lipinski definition) is 0. The van der Waals surface area contributed by atoms with Gasteiger partial charge in [-0.3, -0.25) is 4.79 Å². The van der Waals surface area contributed by atoms with E-state index in [4.69, 9.17) is 9.47 Å².